The number of hydrogen-bond donors (Lipinski definition) is 0. The van der Waals surface area contributed by atoms with Crippen molar-refractivity contribution in [2.75, 3.05) is 13.2 Å². The molecule has 3 rings (SSSR count). The van der Waals surface area contributed by atoms with Gasteiger partial charge >= 0.3 is 0 Å². The van der Waals surface area contributed by atoms with Gasteiger partial charge in [0.15, 0.2) is 6.29 Å². The Bertz CT molecular complexity index is 469. The second kappa shape index (κ2) is 7.61. The molecule has 1 saturated heterocycles. The Morgan fingerprint density at radius 1 is 0.955 bits per heavy atom. The van der Waals surface area contributed by atoms with Crippen molar-refractivity contribution in [2.24, 2.45) is 5.92 Å². The van der Waals surface area contributed by atoms with E-state index in [1.165, 1.54) is 49.7 Å². The molecule has 0 atom stereocenters. The summed E-state index contributed by atoms with van der Waals surface area (Å²) < 4.78 is 11.5. The first kappa shape index (κ1) is 16.0. The van der Waals surface area contributed by atoms with Crippen LogP contribution in [0.1, 0.15) is 81.3 Å². The summed E-state index contributed by atoms with van der Waals surface area (Å²) in [6.45, 7) is 6.02. The maximum Gasteiger partial charge on any atom is 0.184 e. The van der Waals surface area contributed by atoms with Gasteiger partial charge in [-0.1, -0.05) is 44.9 Å². The smallest absolute Gasteiger partial charge is 0.184 e. The molecule has 2 nitrogen and oxygen atoms in total. The summed E-state index contributed by atoms with van der Waals surface area (Å²) in [5.74, 6) is 1.71. The molecule has 0 amide bonds. The van der Waals surface area contributed by atoms with Crippen molar-refractivity contribution in [2.45, 2.75) is 71.0 Å². The van der Waals surface area contributed by atoms with Gasteiger partial charge in [-0.2, -0.15) is 0 Å². The molecule has 122 valence electrons. The van der Waals surface area contributed by atoms with Crippen LogP contribution in [0.3, 0.4) is 0 Å². The van der Waals surface area contributed by atoms with Crippen LogP contribution in [-0.2, 0) is 15.9 Å². The van der Waals surface area contributed by atoms with E-state index in [-0.39, 0.29) is 6.29 Å². The second-order valence-corrected chi connectivity index (χ2v) is 6.85. The molecule has 0 bridgehead atoms. The molecule has 1 saturated carbocycles. The maximum absolute atomic E-state index is 5.75. The number of benzene rings is 1. The first-order chi connectivity index (χ1) is 10.8. The molecule has 0 unspecified atom stereocenters. The Balaban J connectivity index is 1.77. The summed E-state index contributed by atoms with van der Waals surface area (Å²) in [6, 6.07) is 6.75. The molecule has 2 heteroatoms. The zero-order valence-electron chi connectivity index (χ0n) is 14.1. The molecule has 0 spiro atoms. The van der Waals surface area contributed by atoms with E-state index in [2.05, 4.69) is 32.0 Å². The van der Waals surface area contributed by atoms with E-state index in [0.29, 0.717) is 0 Å². The van der Waals surface area contributed by atoms with E-state index in [9.17, 15) is 0 Å². The fourth-order valence-electron chi connectivity index (χ4n) is 4.34. The molecule has 22 heavy (non-hydrogen) atoms. The van der Waals surface area contributed by atoms with Gasteiger partial charge in [0.25, 0.3) is 0 Å². The zero-order chi connectivity index (χ0) is 15.4. The van der Waals surface area contributed by atoms with Crippen molar-refractivity contribution < 1.29 is 9.47 Å². The third-order valence-corrected chi connectivity index (χ3v) is 5.46. The minimum atomic E-state index is -0.133. The van der Waals surface area contributed by atoms with Crippen LogP contribution in [0.2, 0.25) is 0 Å². The number of hydrogen-bond acceptors (Lipinski definition) is 2. The van der Waals surface area contributed by atoms with Gasteiger partial charge in [-0.15, -0.1) is 0 Å². The van der Waals surface area contributed by atoms with E-state index in [1.54, 1.807) is 5.56 Å². The van der Waals surface area contributed by atoms with Crippen LogP contribution in [0.25, 0.3) is 0 Å². The van der Waals surface area contributed by atoms with E-state index in [4.69, 9.17) is 9.47 Å². The standard InChI is InChI=1S/C20H30O2/c1-3-6-15-9-11-16(12-10-15)18-7-5-8-19(17(18)4-2)20-21-13-14-22-20/h5,7-8,15-16,20H,3-4,6,9-14H2,1-2H3. The predicted octanol–water partition coefficient (Wildman–Crippen LogP) is 5.37. The Labute approximate surface area is 135 Å². The molecule has 2 fully saturated rings. The second-order valence-electron chi connectivity index (χ2n) is 6.85. The van der Waals surface area contributed by atoms with Crippen molar-refractivity contribution in [1.29, 1.82) is 0 Å². The van der Waals surface area contributed by atoms with Gasteiger partial charge in [-0.3, -0.25) is 0 Å². The molecule has 1 aromatic carbocycles. The largest absolute Gasteiger partial charge is 0.346 e. The van der Waals surface area contributed by atoms with Crippen molar-refractivity contribution in [3.8, 4) is 0 Å². The Hall–Kier alpha value is -0.860. The lowest BCUT2D eigenvalue weighted by Gasteiger charge is -2.31. The molecule has 1 aliphatic carbocycles. The Morgan fingerprint density at radius 2 is 1.64 bits per heavy atom. The van der Waals surface area contributed by atoms with Gasteiger partial charge < -0.3 is 9.47 Å². The quantitative estimate of drug-likeness (QED) is 0.728. The Morgan fingerprint density at radius 3 is 2.27 bits per heavy atom. The summed E-state index contributed by atoms with van der Waals surface area (Å²) >= 11 is 0. The lowest BCUT2D eigenvalue weighted by molar-refractivity contribution is -0.0447. The third-order valence-electron chi connectivity index (χ3n) is 5.46. The first-order valence-corrected chi connectivity index (χ1v) is 9.18. The van der Waals surface area contributed by atoms with Gasteiger partial charge in [-0.05, 0) is 55.1 Å². The molecular formula is C20H30O2. The van der Waals surface area contributed by atoms with Crippen LogP contribution in [0, 0.1) is 5.92 Å². The summed E-state index contributed by atoms with van der Waals surface area (Å²) in [5, 5.41) is 0. The van der Waals surface area contributed by atoms with Crippen LogP contribution >= 0.6 is 0 Å². The molecule has 1 aromatic rings. The molecule has 2 aliphatic rings. The molecule has 0 radical (unpaired) electrons. The monoisotopic (exact) mass is 302 g/mol. The number of ether oxygens (including phenoxy) is 2. The highest BCUT2D eigenvalue weighted by molar-refractivity contribution is 5.39. The van der Waals surface area contributed by atoms with Crippen LogP contribution in [0.15, 0.2) is 18.2 Å². The fourth-order valence-corrected chi connectivity index (χ4v) is 4.34. The molecule has 1 heterocycles. The molecule has 1 aliphatic heterocycles. The average Bonchev–Trinajstić information content (AvgIpc) is 3.09. The number of rotatable bonds is 5. The third kappa shape index (κ3) is 3.38. The van der Waals surface area contributed by atoms with E-state index >= 15 is 0 Å². The highest BCUT2D eigenvalue weighted by atomic mass is 16.7. The first-order valence-electron chi connectivity index (χ1n) is 9.18. The highest BCUT2D eigenvalue weighted by Crippen LogP contribution is 2.40. The summed E-state index contributed by atoms with van der Waals surface area (Å²) in [6.07, 6.45) is 9.21. The average molecular weight is 302 g/mol. The highest BCUT2D eigenvalue weighted by Gasteiger charge is 2.27. The lowest BCUT2D eigenvalue weighted by Crippen LogP contribution is -2.15. The van der Waals surface area contributed by atoms with E-state index < -0.39 is 0 Å². The Kier molecular flexibility index (Phi) is 5.54. The molecule has 0 N–H and O–H groups in total. The van der Waals surface area contributed by atoms with Crippen LogP contribution < -0.4 is 0 Å². The minimum Gasteiger partial charge on any atom is -0.346 e. The van der Waals surface area contributed by atoms with Crippen molar-refractivity contribution in [3.63, 3.8) is 0 Å². The van der Waals surface area contributed by atoms with Gasteiger partial charge in [0.05, 0.1) is 13.2 Å². The zero-order valence-corrected chi connectivity index (χ0v) is 14.1. The van der Waals surface area contributed by atoms with E-state index in [0.717, 1.165) is 31.5 Å². The fraction of sp³-hybridized carbons (Fsp3) is 0.700. The molecule has 0 aromatic heterocycles. The topological polar surface area (TPSA) is 18.5 Å². The summed E-state index contributed by atoms with van der Waals surface area (Å²) in [4.78, 5) is 0. The van der Waals surface area contributed by atoms with Crippen LogP contribution in [0.4, 0.5) is 0 Å². The van der Waals surface area contributed by atoms with Crippen molar-refractivity contribution >= 4 is 0 Å². The van der Waals surface area contributed by atoms with Crippen molar-refractivity contribution in [1.82, 2.24) is 0 Å². The lowest BCUT2D eigenvalue weighted by atomic mass is 9.75. The van der Waals surface area contributed by atoms with E-state index in [1.807, 2.05) is 0 Å². The summed E-state index contributed by atoms with van der Waals surface area (Å²) in [7, 11) is 0. The van der Waals surface area contributed by atoms with Gasteiger partial charge in [-0.25, -0.2) is 0 Å². The normalized spacial score (nSPS) is 26.5. The predicted molar refractivity (Wildman–Crippen MR) is 90.1 cm³/mol. The maximum atomic E-state index is 5.75. The van der Waals surface area contributed by atoms with Gasteiger partial charge in [0, 0.05) is 5.56 Å². The van der Waals surface area contributed by atoms with Gasteiger partial charge in [0.1, 0.15) is 0 Å². The van der Waals surface area contributed by atoms with Crippen LogP contribution in [0.5, 0.6) is 0 Å². The minimum absolute atomic E-state index is 0.133. The van der Waals surface area contributed by atoms with Gasteiger partial charge in [0.2, 0.25) is 0 Å². The van der Waals surface area contributed by atoms with Crippen LogP contribution in [-0.4, -0.2) is 13.2 Å². The molecular weight excluding hydrogens is 272 g/mol. The SMILES string of the molecule is CCCC1CCC(c2cccc(C3OCCO3)c2CC)CC1. The van der Waals surface area contributed by atoms with Crippen molar-refractivity contribution in [3.05, 3.63) is 34.9 Å². The summed E-state index contributed by atoms with van der Waals surface area (Å²) in [5.41, 5.74) is 4.32.